The molecule has 0 radical (unpaired) electrons. The molecule has 1 N–H and O–H groups in total. The van der Waals surface area contributed by atoms with E-state index in [2.05, 4.69) is 53.3 Å². The standard InChI is InChI=1S/C17H19BrClNO/c1-10-7-12(8-11(2)17(10)21-4)16(20-3)14-9-13(18)5-6-15(14)19/h5-9,16,20H,1-4H3. The molecule has 21 heavy (non-hydrogen) atoms. The zero-order valence-corrected chi connectivity index (χ0v) is 15.0. The van der Waals surface area contributed by atoms with Crippen LogP contribution in [0.4, 0.5) is 0 Å². The molecular formula is C17H19BrClNO. The number of halogens is 2. The fourth-order valence-electron chi connectivity index (χ4n) is 2.71. The highest BCUT2D eigenvalue weighted by Crippen LogP contribution is 2.34. The summed E-state index contributed by atoms with van der Waals surface area (Å²) >= 11 is 9.88. The molecule has 1 unspecified atom stereocenters. The van der Waals surface area contributed by atoms with Crippen LogP contribution in [0, 0.1) is 13.8 Å². The van der Waals surface area contributed by atoms with Gasteiger partial charge in [0, 0.05) is 9.50 Å². The van der Waals surface area contributed by atoms with Gasteiger partial charge in [0.2, 0.25) is 0 Å². The van der Waals surface area contributed by atoms with Crippen LogP contribution < -0.4 is 10.1 Å². The van der Waals surface area contributed by atoms with Crippen LogP contribution in [0.15, 0.2) is 34.8 Å². The normalized spacial score (nSPS) is 12.3. The minimum atomic E-state index is 0.0401. The Morgan fingerprint density at radius 2 is 1.76 bits per heavy atom. The lowest BCUT2D eigenvalue weighted by Gasteiger charge is -2.21. The second kappa shape index (κ2) is 6.82. The third-order valence-corrected chi connectivity index (χ3v) is 4.42. The first-order valence-corrected chi connectivity index (χ1v) is 7.92. The van der Waals surface area contributed by atoms with Crippen LogP contribution in [0.5, 0.6) is 5.75 Å². The van der Waals surface area contributed by atoms with Gasteiger partial charge in [0.05, 0.1) is 13.2 Å². The highest BCUT2D eigenvalue weighted by molar-refractivity contribution is 9.10. The van der Waals surface area contributed by atoms with E-state index >= 15 is 0 Å². The molecule has 0 heterocycles. The number of ether oxygens (including phenoxy) is 1. The predicted octanol–water partition coefficient (Wildman–Crippen LogP) is 5.04. The lowest BCUT2D eigenvalue weighted by molar-refractivity contribution is 0.408. The minimum absolute atomic E-state index is 0.0401. The van der Waals surface area contributed by atoms with E-state index in [-0.39, 0.29) is 6.04 Å². The van der Waals surface area contributed by atoms with Crippen molar-refractivity contribution in [2.75, 3.05) is 14.2 Å². The zero-order valence-electron chi connectivity index (χ0n) is 12.6. The van der Waals surface area contributed by atoms with E-state index < -0.39 is 0 Å². The summed E-state index contributed by atoms with van der Waals surface area (Å²) < 4.78 is 6.46. The summed E-state index contributed by atoms with van der Waals surface area (Å²) in [4.78, 5) is 0. The summed E-state index contributed by atoms with van der Waals surface area (Å²) in [6.07, 6.45) is 0. The Hall–Kier alpha value is -1.03. The van der Waals surface area contributed by atoms with Crippen LogP contribution in [0.1, 0.15) is 28.3 Å². The lowest BCUT2D eigenvalue weighted by atomic mass is 9.95. The van der Waals surface area contributed by atoms with Gasteiger partial charge >= 0.3 is 0 Å². The maximum absolute atomic E-state index is 6.37. The predicted molar refractivity (Wildman–Crippen MR) is 92.5 cm³/mol. The molecule has 0 aliphatic rings. The monoisotopic (exact) mass is 367 g/mol. The topological polar surface area (TPSA) is 21.3 Å². The Morgan fingerprint density at radius 3 is 2.29 bits per heavy atom. The van der Waals surface area contributed by atoms with E-state index in [4.69, 9.17) is 16.3 Å². The van der Waals surface area contributed by atoms with E-state index in [9.17, 15) is 0 Å². The van der Waals surface area contributed by atoms with Gasteiger partial charge in [-0.1, -0.05) is 39.7 Å². The molecule has 1 atom stereocenters. The van der Waals surface area contributed by atoms with Crippen molar-refractivity contribution in [2.24, 2.45) is 0 Å². The third kappa shape index (κ3) is 3.42. The van der Waals surface area contributed by atoms with Crippen molar-refractivity contribution in [2.45, 2.75) is 19.9 Å². The van der Waals surface area contributed by atoms with Gasteiger partial charge < -0.3 is 10.1 Å². The third-order valence-electron chi connectivity index (χ3n) is 3.58. The molecule has 0 saturated heterocycles. The van der Waals surface area contributed by atoms with E-state index in [1.165, 1.54) is 5.56 Å². The van der Waals surface area contributed by atoms with Crippen molar-refractivity contribution < 1.29 is 4.74 Å². The van der Waals surface area contributed by atoms with E-state index in [0.29, 0.717) is 0 Å². The van der Waals surface area contributed by atoms with Crippen LogP contribution >= 0.6 is 27.5 Å². The van der Waals surface area contributed by atoms with Crippen molar-refractivity contribution >= 4 is 27.5 Å². The second-order valence-electron chi connectivity index (χ2n) is 5.08. The second-order valence-corrected chi connectivity index (χ2v) is 6.40. The molecule has 2 nitrogen and oxygen atoms in total. The molecule has 0 aromatic heterocycles. The molecule has 0 fully saturated rings. The number of nitrogens with one attached hydrogen (secondary N) is 1. The minimum Gasteiger partial charge on any atom is -0.496 e. The molecular weight excluding hydrogens is 350 g/mol. The fourth-order valence-corrected chi connectivity index (χ4v) is 3.32. The number of hydrogen-bond acceptors (Lipinski definition) is 2. The Balaban J connectivity index is 2.54. The molecule has 0 spiro atoms. The summed E-state index contributed by atoms with van der Waals surface area (Å²) in [5.41, 5.74) is 4.48. The average molecular weight is 369 g/mol. The molecule has 4 heteroatoms. The zero-order chi connectivity index (χ0) is 15.6. The smallest absolute Gasteiger partial charge is 0.124 e. The van der Waals surface area contributed by atoms with Crippen molar-refractivity contribution in [3.05, 3.63) is 62.1 Å². The summed E-state index contributed by atoms with van der Waals surface area (Å²) in [7, 11) is 3.65. The van der Waals surface area contributed by atoms with Gasteiger partial charge in [0.1, 0.15) is 5.75 Å². The van der Waals surface area contributed by atoms with Crippen LogP contribution in [-0.2, 0) is 0 Å². The molecule has 2 aromatic carbocycles. The number of hydrogen-bond donors (Lipinski definition) is 1. The summed E-state index contributed by atoms with van der Waals surface area (Å²) in [5, 5.41) is 4.10. The van der Waals surface area contributed by atoms with Crippen molar-refractivity contribution in [1.82, 2.24) is 5.32 Å². The maximum Gasteiger partial charge on any atom is 0.124 e. The molecule has 0 aliphatic heterocycles. The van der Waals surface area contributed by atoms with Gasteiger partial charge in [0.25, 0.3) is 0 Å². The highest BCUT2D eigenvalue weighted by Gasteiger charge is 2.18. The Morgan fingerprint density at radius 1 is 1.14 bits per heavy atom. The van der Waals surface area contributed by atoms with Crippen molar-refractivity contribution in [3.8, 4) is 5.75 Å². The summed E-state index contributed by atoms with van der Waals surface area (Å²) in [6, 6.07) is 10.2. The molecule has 0 aliphatic carbocycles. The summed E-state index contributed by atoms with van der Waals surface area (Å²) in [5.74, 6) is 0.939. The van der Waals surface area contributed by atoms with Gasteiger partial charge in [-0.3, -0.25) is 0 Å². The number of methoxy groups -OCH3 is 1. The Kier molecular flexibility index (Phi) is 5.31. The van der Waals surface area contributed by atoms with Gasteiger partial charge in [-0.25, -0.2) is 0 Å². The Bertz CT molecular complexity index is 634. The first kappa shape index (κ1) is 16.3. The van der Waals surface area contributed by atoms with Gasteiger partial charge in [0.15, 0.2) is 0 Å². The van der Waals surface area contributed by atoms with Crippen LogP contribution in [0.2, 0.25) is 5.02 Å². The van der Waals surface area contributed by atoms with E-state index in [1.54, 1.807) is 7.11 Å². The van der Waals surface area contributed by atoms with E-state index in [0.717, 1.165) is 31.9 Å². The number of rotatable bonds is 4. The SMILES string of the molecule is CNC(c1cc(C)c(OC)c(C)c1)c1cc(Br)ccc1Cl. The molecule has 0 bridgehead atoms. The first-order valence-electron chi connectivity index (χ1n) is 6.75. The van der Waals surface area contributed by atoms with Crippen molar-refractivity contribution in [3.63, 3.8) is 0 Å². The van der Waals surface area contributed by atoms with Gasteiger partial charge in [-0.15, -0.1) is 0 Å². The molecule has 0 saturated carbocycles. The van der Waals surface area contributed by atoms with Crippen LogP contribution in [-0.4, -0.2) is 14.2 Å². The molecule has 112 valence electrons. The quantitative estimate of drug-likeness (QED) is 0.816. The number of benzene rings is 2. The van der Waals surface area contributed by atoms with Crippen molar-refractivity contribution in [1.29, 1.82) is 0 Å². The average Bonchev–Trinajstić information content (AvgIpc) is 2.43. The highest BCUT2D eigenvalue weighted by atomic mass is 79.9. The molecule has 2 aromatic rings. The van der Waals surface area contributed by atoms with Crippen LogP contribution in [0.3, 0.4) is 0 Å². The summed E-state index contributed by atoms with van der Waals surface area (Å²) in [6.45, 7) is 4.12. The largest absolute Gasteiger partial charge is 0.496 e. The van der Waals surface area contributed by atoms with Gasteiger partial charge in [-0.2, -0.15) is 0 Å². The van der Waals surface area contributed by atoms with Crippen LogP contribution in [0.25, 0.3) is 0 Å². The lowest BCUT2D eigenvalue weighted by Crippen LogP contribution is -2.18. The Labute approximate surface area is 139 Å². The fraction of sp³-hybridized carbons (Fsp3) is 0.294. The molecule has 0 amide bonds. The van der Waals surface area contributed by atoms with E-state index in [1.807, 2.05) is 19.2 Å². The molecule has 2 rings (SSSR count). The first-order chi connectivity index (χ1) is 9.97. The van der Waals surface area contributed by atoms with Gasteiger partial charge in [-0.05, 0) is 61.3 Å². The maximum atomic E-state index is 6.37. The number of aryl methyl sites for hydroxylation is 2.